The Morgan fingerprint density at radius 1 is 1.11 bits per heavy atom. The molecule has 0 spiro atoms. The molecular weight excluding hydrogens is 304 g/mol. The van der Waals surface area contributed by atoms with E-state index in [9.17, 15) is 4.79 Å². The van der Waals surface area contributed by atoms with Gasteiger partial charge in [0, 0.05) is 5.56 Å². The van der Waals surface area contributed by atoms with Gasteiger partial charge in [-0.25, -0.2) is 0 Å². The van der Waals surface area contributed by atoms with Gasteiger partial charge in [-0.3, -0.25) is 4.79 Å². The molecule has 96 valence electrons. The highest BCUT2D eigenvalue weighted by Gasteiger charge is 2.03. The second-order valence-electron chi connectivity index (χ2n) is 3.89. The van der Waals surface area contributed by atoms with Crippen LogP contribution in [0.3, 0.4) is 0 Å². The highest BCUT2D eigenvalue weighted by molar-refractivity contribution is 9.09. The number of allylic oxidation sites excluding steroid dienone is 1. The van der Waals surface area contributed by atoms with Crippen LogP contribution in [-0.4, -0.2) is 11.3 Å². The fourth-order valence-electron chi connectivity index (χ4n) is 1.63. The molecule has 3 heteroatoms. The van der Waals surface area contributed by atoms with Crippen molar-refractivity contribution < 1.29 is 9.53 Å². The quantitative estimate of drug-likeness (QED) is 0.466. The number of halogens is 1. The summed E-state index contributed by atoms with van der Waals surface area (Å²) in [4.78, 5) is 12.0. The van der Waals surface area contributed by atoms with E-state index in [0.717, 1.165) is 5.56 Å². The molecule has 0 aliphatic heterocycles. The maximum Gasteiger partial charge on any atom is 0.185 e. The Hall–Kier alpha value is -1.87. The molecular formula is C16H13BrO2. The van der Waals surface area contributed by atoms with E-state index in [1.165, 1.54) is 0 Å². The molecule has 19 heavy (non-hydrogen) atoms. The molecule has 0 aromatic heterocycles. The molecule has 0 radical (unpaired) electrons. The first-order valence-corrected chi connectivity index (χ1v) is 6.98. The fourth-order valence-corrected chi connectivity index (χ4v) is 1.90. The van der Waals surface area contributed by atoms with Crippen molar-refractivity contribution in [1.82, 2.24) is 0 Å². The van der Waals surface area contributed by atoms with Crippen LogP contribution in [0.1, 0.15) is 15.9 Å². The number of hydrogen-bond acceptors (Lipinski definition) is 2. The summed E-state index contributed by atoms with van der Waals surface area (Å²) in [6, 6.07) is 16.9. The number of rotatable bonds is 5. The lowest BCUT2D eigenvalue weighted by Crippen LogP contribution is -1.96. The van der Waals surface area contributed by atoms with E-state index in [1.807, 2.05) is 42.5 Å². The summed E-state index contributed by atoms with van der Waals surface area (Å²) >= 11 is 3.19. The van der Waals surface area contributed by atoms with Crippen molar-refractivity contribution in [3.05, 3.63) is 71.8 Å². The number of alkyl halides is 1. The van der Waals surface area contributed by atoms with Crippen LogP contribution in [0.15, 0.2) is 60.7 Å². The van der Waals surface area contributed by atoms with Gasteiger partial charge in [0.25, 0.3) is 0 Å². The molecule has 2 nitrogen and oxygen atoms in total. The van der Waals surface area contributed by atoms with Crippen LogP contribution in [0.5, 0.6) is 5.75 Å². The van der Waals surface area contributed by atoms with Crippen LogP contribution in [0, 0.1) is 0 Å². The Bertz CT molecular complexity index is 576. The lowest BCUT2D eigenvalue weighted by molar-refractivity contribution is 0.104. The summed E-state index contributed by atoms with van der Waals surface area (Å²) in [5.41, 5.74) is 2.03. The smallest absolute Gasteiger partial charge is 0.185 e. The summed E-state index contributed by atoms with van der Waals surface area (Å²) < 4.78 is 5.30. The Morgan fingerprint density at radius 2 is 1.89 bits per heavy atom. The van der Waals surface area contributed by atoms with Crippen LogP contribution in [0.2, 0.25) is 0 Å². The van der Waals surface area contributed by atoms with Crippen LogP contribution in [0.4, 0.5) is 0 Å². The van der Waals surface area contributed by atoms with Gasteiger partial charge in [-0.15, -0.1) is 0 Å². The van der Waals surface area contributed by atoms with Crippen molar-refractivity contribution in [1.29, 1.82) is 0 Å². The first-order chi connectivity index (χ1) is 9.29. The molecule has 0 atom stereocenters. The van der Waals surface area contributed by atoms with Gasteiger partial charge in [0.2, 0.25) is 0 Å². The molecule has 0 bridgehead atoms. The van der Waals surface area contributed by atoms with Gasteiger partial charge >= 0.3 is 0 Å². The van der Waals surface area contributed by atoms with Crippen molar-refractivity contribution in [3.8, 4) is 5.75 Å². The third-order valence-electron chi connectivity index (χ3n) is 2.57. The minimum atomic E-state index is -0.0381. The number of carbonyl (C=O) groups excluding carboxylic acids is 1. The zero-order chi connectivity index (χ0) is 13.5. The molecule has 0 aliphatic carbocycles. The van der Waals surface area contributed by atoms with E-state index in [0.29, 0.717) is 16.8 Å². The molecule has 0 saturated carbocycles. The number of ether oxygens (including phenoxy) is 1. The molecule has 2 rings (SSSR count). The highest BCUT2D eigenvalue weighted by atomic mass is 79.9. The van der Waals surface area contributed by atoms with E-state index in [-0.39, 0.29) is 5.78 Å². The molecule has 0 fully saturated rings. The first-order valence-electron chi connectivity index (χ1n) is 5.86. The molecule has 0 unspecified atom stereocenters. The van der Waals surface area contributed by atoms with Crippen molar-refractivity contribution in [2.24, 2.45) is 0 Å². The minimum Gasteiger partial charge on any atom is -0.482 e. The van der Waals surface area contributed by atoms with Crippen molar-refractivity contribution in [2.45, 2.75) is 0 Å². The average molecular weight is 317 g/mol. The maximum atomic E-state index is 12.0. The summed E-state index contributed by atoms with van der Waals surface area (Å²) in [5, 5.41) is 0. The third kappa shape index (κ3) is 4.07. The van der Waals surface area contributed by atoms with Gasteiger partial charge < -0.3 is 4.74 Å². The number of ketones is 1. The molecule has 0 amide bonds. The Kier molecular flexibility index (Phi) is 4.93. The Morgan fingerprint density at radius 3 is 2.63 bits per heavy atom. The SMILES string of the molecule is O=C(/C=C/c1ccccc1)c1cccc(OCBr)c1. The third-order valence-corrected chi connectivity index (χ3v) is 2.80. The summed E-state index contributed by atoms with van der Waals surface area (Å²) in [7, 11) is 0. The van der Waals surface area contributed by atoms with Crippen molar-refractivity contribution in [2.75, 3.05) is 5.52 Å². The largest absolute Gasteiger partial charge is 0.482 e. The predicted octanol–water partition coefficient (Wildman–Crippen LogP) is 4.31. The number of carbonyl (C=O) groups is 1. The average Bonchev–Trinajstić information content (AvgIpc) is 2.46. The predicted molar refractivity (Wildman–Crippen MR) is 80.7 cm³/mol. The van der Waals surface area contributed by atoms with Crippen molar-refractivity contribution >= 4 is 27.8 Å². The molecule has 2 aromatic carbocycles. The minimum absolute atomic E-state index is 0.0381. The van der Waals surface area contributed by atoms with E-state index >= 15 is 0 Å². The first kappa shape index (κ1) is 13.6. The second-order valence-corrected chi connectivity index (χ2v) is 4.35. The Balaban J connectivity index is 2.11. The van der Waals surface area contributed by atoms with Gasteiger partial charge in [0.15, 0.2) is 5.78 Å². The lowest BCUT2D eigenvalue weighted by Gasteiger charge is -2.03. The van der Waals surface area contributed by atoms with Crippen LogP contribution in [-0.2, 0) is 0 Å². The van der Waals surface area contributed by atoms with Gasteiger partial charge in [-0.2, -0.15) is 0 Å². The Labute approximate surface area is 120 Å². The van der Waals surface area contributed by atoms with Crippen LogP contribution >= 0.6 is 15.9 Å². The zero-order valence-electron chi connectivity index (χ0n) is 10.3. The number of benzene rings is 2. The lowest BCUT2D eigenvalue weighted by atomic mass is 10.1. The summed E-state index contributed by atoms with van der Waals surface area (Å²) in [5.74, 6) is 0.639. The van der Waals surface area contributed by atoms with Gasteiger partial charge in [-0.1, -0.05) is 48.5 Å². The summed E-state index contributed by atoms with van der Waals surface area (Å²) in [6.07, 6.45) is 3.38. The maximum absolute atomic E-state index is 12.0. The summed E-state index contributed by atoms with van der Waals surface area (Å²) in [6.45, 7) is 0. The zero-order valence-corrected chi connectivity index (χ0v) is 11.8. The standard InChI is InChI=1S/C16H13BrO2/c17-12-19-15-8-4-7-14(11-15)16(18)10-9-13-5-2-1-3-6-13/h1-11H,12H2/b10-9+. The molecule has 0 aliphatic rings. The van der Waals surface area contributed by atoms with E-state index in [2.05, 4.69) is 15.9 Å². The van der Waals surface area contributed by atoms with Gasteiger partial charge in [-0.05, 0) is 39.7 Å². The number of hydrogen-bond donors (Lipinski definition) is 0. The molecule has 0 N–H and O–H groups in total. The van der Waals surface area contributed by atoms with E-state index < -0.39 is 0 Å². The van der Waals surface area contributed by atoms with Gasteiger partial charge in [0.05, 0.1) is 0 Å². The second kappa shape index (κ2) is 6.90. The van der Waals surface area contributed by atoms with E-state index in [1.54, 1.807) is 24.3 Å². The monoisotopic (exact) mass is 316 g/mol. The molecule has 0 heterocycles. The van der Waals surface area contributed by atoms with Gasteiger partial charge in [0.1, 0.15) is 11.3 Å². The highest BCUT2D eigenvalue weighted by Crippen LogP contribution is 2.15. The molecule has 0 saturated heterocycles. The van der Waals surface area contributed by atoms with Crippen LogP contribution in [0.25, 0.3) is 6.08 Å². The molecule has 2 aromatic rings. The normalized spacial score (nSPS) is 10.6. The van der Waals surface area contributed by atoms with Crippen molar-refractivity contribution in [3.63, 3.8) is 0 Å². The van der Waals surface area contributed by atoms with Crippen LogP contribution < -0.4 is 4.74 Å². The topological polar surface area (TPSA) is 26.3 Å². The fraction of sp³-hybridized carbons (Fsp3) is 0.0625. The van der Waals surface area contributed by atoms with E-state index in [4.69, 9.17) is 4.74 Å².